The summed E-state index contributed by atoms with van der Waals surface area (Å²) in [6, 6.07) is 7.01. The third kappa shape index (κ3) is 4.69. The number of halogens is 7. The maximum absolute atomic E-state index is 14.9. The highest BCUT2D eigenvalue weighted by atomic mass is 32.2. The fourth-order valence-corrected chi connectivity index (χ4v) is 9.29. The Morgan fingerprint density at radius 3 is 2.00 bits per heavy atom. The zero-order chi connectivity index (χ0) is 31.6. The number of carbonyl (C=O) groups is 2. The Hall–Kier alpha value is -3.23. The molecule has 7 nitrogen and oxygen atoms in total. The lowest BCUT2D eigenvalue weighted by Crippen LogP contribution is -2.54. The first-order valence-electron chi connectivity index (χ1n) is 13.6. The van der Waals surface area contributed by atoms with Crippen LogP contribution in [0.25, 0.3) is 0 Å². The van der Waals surface area contributed by atoms with E-state index < -0.39 is 67.8 Å². The molecule has 1 amide bonds. The monoisotopic (exact) mass is 636 g/mol. The van der Waals surface area contributed by atoms with Crippen molar-refractivity contribution >= 4 is 21.7 Å². The van der Waals surface area contributed by atoms with Gasteiger partial charge in [-0.05, 0) is 68.7 Å². The predicted molar refractivity (Wildman–Crippen MR) is 136 cm³/mol. The summed E-state index contributed by atoms with van der Waals surface area (Å²) in [5.74, 6) is -2.52. The van der Waals surface area contributed by atoms with Crippen molar-refractivity contribution in [1.29, 1.82) is 0 Å². The van der Waals surface area contributed by atoms with Crippen LogP contribution in [0, 0.1) is 11.8 Å². The summed E-state index contributed by atoms with van der Waals surface area (Å²) in [6.45, 7) is -0.0756. The number of likely N-dealkylation sites (tertiary alicyclic amines) is 1. The minimum atomic E-state index is -6.40. The molecule has 0 bridgehead atoms. The zero-order valence-corrected chi connectivity index (χ0v) is 23.3. The first-order chi connectivity index (χ1) is 20.0. The molecule has 0 radical (unpaired) electrons. The van der Waals surface area contributed by atoms with Gasteiger partial charge in [0.05, 0.1) is 22.5 Å². The lowest BCUT2D eigenvalue weighted by atomic mass is 9.79. The Morgan fingerprint density at radius 2 is 1.44 bits per heavy atom. The molecule has 2 fully saturated rings. The van der Waals surface area contributed by atoms with Crippen LogP contribution in [0.4, 0.5) is 30.7 Å². The summed E-state index contributed by atoms with van der Waals surface area (Å²) < 4.78 is 123. The molecular weight excluding hydrogens is 609 g/mol. The van der Waals surface area contributed by atoms with E-state index in [2.05, 4.69) is 4.98 Å². The van der Waals surface area contributed by atoms with Crippen LogP contribution in [-0.2, 0) is 36.3 Å². The van der Waals surface area contributed by atoms with Crippen molar-refractivity contribution in [2.45, 2.75) is 78.7 Å². The molecule has 3 aliphatic rings. The Bertz CT molecular complexity index is 1510. The molecule has 1 aromatic carbocycles. The van der Waals surface area contributed by atoms with Crippen LogP contribution in [0.5, 0.6) is 0 Å². The molecule has 43 heavy (non-hydrogen) atoms. The molecule has 1 saturated heterocycles. The Morgan fingerprint density at radius 1 is 0.860 bits per heavy atom. The van der Waals surface area contributed by atoms with Crippen molar-refractivity contribution in [2.75, 3.05) is 6.54 Å². The van der Waals surface area contributed by atoms with Gasteiger partial charge in [-0.1, -0.05) is 24.3 Å². The van der Waals surface area contributed by atoms with Gasteiger partial charge in [0.1, 0.15) is 4.75 Å². The lowest BCUT2D eigenvalue weighted by molar-refractivity contribution is -0.350. The minimum Gasteiger partial charge on any atom is -0.481 e. The van der Waals surface area contributed by atoms with Crippen molar-refractivity contribution in [1.82, 2.24) is 9.88 Å². The number of rotatable bonds is 5. The lowest BCUT2D eigenvalue weighted by Gasteiger charge is -2.43. The first kappa shape index (κ1) is 31.2. The molecule has 2 heterocycles. The number of pyridine rings is 1. The zero-order valence-electron chi connectivity index (χ0n) is 22.5. The molecule has 2 aromatic rings. The van der Waals surface area contributed by atoms with E-state index in [1.165, 1.54) is 29.2 Å². The normalized spacial score (nSPS) is 26.5. The number of carbonyl (C=O) groups excluding carboxylic acids is 1. The molecule has 5 rings (SSSR count). The molecule has 0 spiro atoms. The number of carboxylic acids is 1. The first-order valence-corrected chi connectivity index (χ1v) is 15.1. The number of hydrogen-bond donors (Lipinski definition) is 1. The third-order valence-corrected chi connectivity index (χ3v) is 11.6. The van der Waals surface area contributed by atoms with E-state index in [0.29, 0.717) is 0 Å². The molecule has 1 aliphatic heterocycles. The second-order valence-electron chi connectivity index (χ2n) is 11.3. The molecule has 234 valence electrons. The van der Waals surface area contributed by atoms with Gasteiger partial charge in [0.15, 0.2) is 9.84 Å². The van der Waals surface area contributed by atoms with E-state index in [4.69, 9.17) is 0 Å². The van der Waals surface area contributed by atoms with Crippen LogP contribution < -0.4 is 0 Å². The van der Waals surface area contributed by atoms with E-state index in [9.17, 15) is 53.8 Å². The number of benzene rings is 1. The number of aryl methyl sites for hydroxylation is 1. The maximum Gasteiger partial charge on any atom is 0.437 e. The summed E-state index contributed by atoms with van der Waals surface area (Å²) in [4.78, 5) is 29.8. The van der Waals surface area contributed by atoms with Crippen LogP contribution in [0.3, 0.4) is 0 Å². The average molecular weight is 637 g/mol. The van der Waals surface area contributed by atoms with Gasteiger partial charge in [-0.15, -0.1) is 0 Å². The number of carboxylic acid groups (broad SMARTS) is 1. The Kier molecular flexibility index (Phi) is 7.58. The van der Waals surface area contributed by atoms with E-state index in [0.717, 1.165) is 6.07 Å². The van der Waals surface area contributed by atoms with Crippen molar-refractivity contribution in [2.24, 2.45) is 11.8 Å². The van der Waals surface area contributed by atoms with E-state index in [1.807, 2.05) is 0 Å². The van der Waals surface area contributed by atoms with Crippen molar-refractivity contribution in [3.05, 3.63) is 59.4 Å². The Labute approximate surface area is 242 Å². The molecule has 1 saturated carbocycles. The van der Waals surface area contributed by atoms with Crippen LogP contribution in [0.15, 0.2) is 47.4 Å². The number of sulfone groups is 1. The summed E-state index contributed by atoms with van der Waals surface area (Å²) in [5, 5.41) is 9.30. The molecule has 2 atom stereocenters. The van der Waals surface area contributed by atoms with Gasteiger partial charge in [-0.2, -0.15) is 26.3 Å². The van der Waals surface area contributed by atoms with E-state index in [-0.39, 0.29) is 73.9 Å². The summed E-state index contributed by atoms with van der Waals surface area (Å²) in [7, 11) is -4.45. The van der Waals surface area contributed by atoms with Crippen LogP contribution in [0.2, 0.25) is 0 Å². The molecular formula is C28H27F7N2O5S. The second-order valence-corrected chi connectivity index (χ2v) is 13.5. The topological polar surface area (TPSA) is 105 Å². The SMILES string of the molecule is O=C(O)C1CCC(C(=O)N2CCC3(S(=O)(=O)c4ccccc4)c4ccc(C(F)(C(F)(F)F)C(F)(F)F)nc4CCC23)CC1. The van der Waals surface area contributed by atoms with Gasteiger partial charge in [0.2, 0.25) is 5.91 Å². The molecule has 2 aliphatic carbocycles. The van der Waals surface area contributed by atoms with Crippen molar-refractivity contribution < 1.29 is 53.8 Å². The molecule has 1 N–H and O–H groups in total. The van der Waals surface area contributed by atoms with Crippen LogP contribution in [-0.4, -0.2) is 60.2 Å². The summed E-state index contributed by atoms with van der Waals surface area (Å²) in [6.07, 6.45) is -12.4. The van der Waals surface area contributed by atoms with E-state index in [1.54, 1.807) is 6.07 Å². The van der Waals surface area contributed by atoms with Crippen molar-refractivity contribution in [3.8, 4) is 0 Å². The molecule has 15 heteroatoms. The van der Waals surface area contributed by atoms with Gasteiger partial charge >= 0.3 is 24.0 Å². The molecule has 1 aromatic heterocycles. The number of aromatic nitrogens is 1. The minimum absolute atomic E-state index is 0.0756. The summed E-state index contributed by atoms with van der Waals surface area (Å²) >= 11 is 0. The number of hydrogen-bond acceptors (Lipinski definition) is 5. The van der Waals surface area contributed by atoms with Gasteiger partial charge in [0, 0.05) is 18.2 Å². The number of alkyl halides is 7. The van der Waals surface area contributed by atoms with Crippen LogP contribution in [0.1, 0.15) is 55.5 Å². The molecule has 2 unspecified atom stereocenters. The fraction of sp³-hybridized carbons (Fsp3) is 0.536. The largest absolute Gasteiger partial charge is 0.481 e. The summed E-state index contributed by atoms with van der Waals surface area (Å²) in [5.41, 5.74) is -8.32. The number of nitrogens with zero attached hydrogens (tertiary/aromatic N) is 2. The number of amides is 1. The maximum atomic E-state index is 14.9. The Balaban J connectivity index is 1.61. The smallest absolute Gasteiger partial charge is 0.437 e. The quantitative estimate of drug-likeness (QED) is 0.436. The highest BCUT2D eigenvalue weighted by Crippen LogP contribution is 2.56. The number of aliphatic carboxylic acids is 1. The van der Waals surface area contributed by atoms with Crippen molar-refractivity contribution in [3.63, 3.8) is 0 Å². The highest BCUT2D eigenvalue weighted by Gasteiger charge is 2.75. The second kappa shape index (κ2) is 10.4. The van der Waals surface area contributed by atoms with Gasteiger partial charge in [-0.3, -0.25) is 14.6 Å². The standard InChI is InChI=1S/C28H27F7N2O5S/c29-26(27(30,31)32,28(33,34)35)21-12-10-19-20(36-21)11-13-22-25(19,43(41,42)18-4-2-1-3-5-18)14-15-37(22)23(38)16-6-8-17(9-7-16)24(39)40/h1-5,10,12,16-17,22H,6-9,11,13-15H2,(H,39,40). The number of fused-ring (bicyclic) bond motifs is 3. The van der Waals surface area contributed by atoms with Gasteiger partial charge in [-0.25, -0.2) is 12.8 Å². The average Bonchev–Trinajstić information content (AvgIpc) is 3.37. The van der Waals surface area contributed by atoms with Gasteiger partial charge in [0.25, 0.3) is 0 Å². The fourth-order valence-electron chi connectivity index (χ4n) is 6.91. The highest BCUT2D eigenvalue weighted by molar-refractivity contribution is 7.92. The van der Waals surface area contributed by atoms with Gasteiger partial charge < -0.3 is 10.0 Å². The van der Waals surface area contributed by atoms with E-state index >= 15 is 0 Å². The predicted octanol–water partition coefficient (Wildman–Crippen LogP) is 5.48. The van der Waals surface area contributed by atoms with Crippen LogP contribution >= 0.6 is 0 Å². The third-order valence-electron chi connectivity index (χ3n) is 9.10.